The molecule has 4 rings (SSSR count). The third kappa shape index (κ3) is 4.94. The number of nitro benzene ring substituents is 1. The average Bonchev–Trinajstić information content (AvgIpc) is 2.86. The number of allylic oxidation sites excluding steroid dienone is 3. The van der Waals surface area contributed by atoms with Crippen LogP contribution in [-0.4, -0.2) is 37.0 Å². The van der Waals surface area contributed by atoms with Gasteiger partial charge in [0.2, 0.25) is 0 Å². The van der Waals surface area contributed by atoms with Gasteiger partial charge in [-0.2, -0.15) is 0 Å². The molecule has 1 N–H and O–H groups in total. The summed E-state index contributed by atoms with van der Waals surface area (Å²) in [7, 11) is 2.81. The van der Waals surface area contributed by atoms with Crippen molar-refractivity contribution in [3.8, 4) is 11.5 Å². The number of Topliss-reactive ketones (excluding diaryl/α,β-unsaturated/α-hetero) is 1. The molecule has 2 aliphatic rings. The number of ether oxygens (including phenoxy) is 3. The summed E-state index contributed by atoms with van der Waals surface area (Å²) in [5.41, 5.74) is 2.16. The van der Waals surface area contributed by atoms with Crippen molar-refractivity contribution in [2.24, 2.45) is 5.92 Å². The zero-order chi connectivity index (χ0) is 26.9. The zero-order valence-electron chi connectivity index (χ0n) is 21.4. The lowest BCUT2D eigenvalue weighted by molar-refractivity contribution is -0.385. The molecule has 194 valence electrons. The summed E-state index contributed by atoms with van der Waals surface area (Å²) in [6, 6.07) is 12.4. The SMILES string of the molecule is COc1cc(C2C(C(=O)OC(C)C)=C(C)NC3=CC(c4ccccc4)CC(=O)C32)c([N+](=O)[O-])cc1OC. The summed E-state index contributed by atoms with van der Waals surface area (Å²) in [6.45, 7) is 5.16. The van der Waals surface area contributed by atoms with Crippen molar-refractivity contribution in [2.45, 2.75) is 45.1 Å². The van der Waals surface area contributed by atoms with Crippen molar-refractivity contribution >= 4 is 17.4 Å². The number of carbonyl (C=O) groups is 2. The standard InChI is InChI=1S/C28H30N2O7/c1-15(2)37-28(32)25-16(3)29-20-11-18(17-9-7-6-8-10-17)12-22(31)27(20)26(25)19-13-23(35-4)24(36-5)14-21(19)30(33)34/h6-11,13-15,18,26-27,29H,12H2,1-5H3. The third-order valence-electron chi connectivity index (χ3n) is 6.72. The summed E-state index contributed by atoms with van der Waals surface area (Å²) in [5.74, 6) is -2.29. The van der Waals surface area contributed by atoms with Gasteiger partial charge in [0.1, 0.15) is 5.78 Å². The van der Waals surface area contributed by atoms with Crippen molar-refractivity contribution < 1.29 is 28.7 Å². The summed E-state index contributed by atoms with van der Waals surface area (Å²) >= 11 is 0. The number of nitrogens with zero attached hydrogens (tertiary/aromatic N) is 1. The van der Waals surface area contributed by atoms with Crippen LogP contribution < -0.4 is 14.8 Å². The van der Waals surface area contributed by atoms with Gasteiger partial charge in [-0.1, -0.05) is 36.4 Å². The molecule has 0 radical (unpaired) electrons. The number of fused-ring (bicyclic) bond motifs is 1. The molecule has 0 saturated heterocycles. The number of ketones is 1. The van der Waals surface area contributed by atoms with E-state index in [-0.39, 0.29) is 46.4 Å². The maximum atomic E-state index is 13.8. The number of benzene rings is 2. The van der Waals surface area contributed by atoms with Crippen LogP contribution in [0.25, 0.3) is 0 Å². The Bertz CT molecular complexity index is 1300. The zero-order valence-corrected chi connectivity index (χ0v) is 21.4. The van der Waals surface area contributed by atoms with Gasteiger partial charge in [-0.05, 0) is 32.4 Å². The number of rotatable bonds is 7. The van der Waals surface area contributed by atoms with Crippen molar-refractivity contribution in [1.29, 1.82) is 0 Å². The van der Waals surface area contributed by atoms with Crippen LogP contribution in [-0.2, 0) is 14.3 Å². The number of hydrogen-bond acceptors (Lipinski definition) is 8. The Kier molecular flexibility index (Phi) is 7.33. The molecule has 1 heterocycles. The molecule has 0 spiro atoms. The highest BCUT2D eigenvalue weighted by atomic mass is 16.6. The lowest BCUT2D eigenvalue weighted by Crippen LogP contribution is -2.42. The summed E-state index contributed by atoms with van der Waals surface area (Å²) in [6.07, 6.45) is 1.76. The normalized spacial score (nSPS) is 21.1. The molecule has 37 heavy (non-hydrogen) atoms. The molecule has 9 nitrogen and oxygen atoms in total. The number of methoxy groups -OCH3 is 2. The highest BCUT2D eigenvalue weighted by molar-refractivity contribution is 5.97. The summed E-state index contributed by atoms with van der Waals surface area (Å²) < 4.78 is 16.2. The van der Waals surface area contributed by atoms with Gasteiger partial charge < -0.3 is 19.5 Å². The van der Waals surface area contributed by atoms with E-state index in [1.165, 1.54) is 26.4 Å². The predicted molar refractivity (Wildman–Crippen MR) is 136 cm³/mol. The van der Waals surface area contributed by atoms with E-state index in [0.717, 1.165) is 5.56 Å². The molecule has 1 aliphatic heterocycles. The van der Waals surface area contributed by atoms with Gasteiger partial charge in [-0.25, -0.2) is 4.79 Å². The Hall–Kier alpha value is -4.14. The second-order valence-electron chi connectivity index (χ2n) is 9.41. The first kappa shape index (κ1) is 25.9. The van der Waals surface area contributed by atoms with Crippen LogP contribution in [0, 0.1) is 16.0 Å². The van der Waals surface area contributed by atoms with Gasteiger partial charge >= 0.3 is 5.97 Å². The van der Waals surface area contributed by atoms with Crippen molar-refractivity contribution in [2.75, 3.05) is 14.2 Å². The largest absolute Gasteiger partial charge is 0.493 e. The number of esters is 1. The van der Waals surface area contributed by atoms with Gasteiger partial charge in [-0.15, -0.1) is 0 Å². The molecule has 0 aromatic heterocycles. The van der Waals surface area contributed by atoms with E-state index >= 15 is 0 Å². The summed E-state index contributed by atoms with van der Waals surface area (Å²) in [5, 5.41) is 15.5. The molecule has 3 atom stereocenters. The first-order chi connectivity index (χ1) is 17.7. The quantitative estimate of drug-likeness (QED) is 0.324. The lowest BCUT2D eigenvalue weighted by atomic mass is 9.68. The van der Waals surface area contributed by atoms with Crippen LogP contribution in [0.15, 0.2) is 65.5 Å². The minimum absolute atomic E-state index is 0.129. The Morgan fingerprint density at radius 2 is 1.73 bits per heavy atom. The Labute approximate surface area is 215 Å². The molecule has 1 aliphatic carbocycles. The summed E-state index contributed by atoms with van der Waals surface area (Å²) in [4.78, 5) is 38.8. The highest BCUT2D eigenvalue weighted by Gasteiger charge is 2.47. The van der Waals surface area contributed by atoms with Gasteiger partial charge in [-0.3, -0.25) is 14.9 Å². The average molecular weight is 507 g/mol. The van der Waals surface area contributed by atoms with E-state index in [0.29, 0.717) is 11.4 Å². The third-order valence-corrected chi connectivity index (χ3v) is 6.72. The minimum Gasteiger partial charge on any atom is -0.493 e. The fourth-order valence-electron chi connectivity index (χ4n) is 5.16. The second-order valence-corrected chi connectivity index (χ2v) is 9.41. The van der Waals surface area contributed by atoms with Gasteiger partial charge in [0.05, 0.1) is 42.8 Å². The molecule has 0 bridgehead atoms. The Balaban J connectivity index is 1.96. The molecule has 3 unspecified atom stereocenters. The molecule has 9 heteroatoms. The molecule has 0 fully saturated rings. The van der Waals surface area contributed by atoms with Crippen molar-refractivity contribution in [3.63, 3.8) is 0 Å². The minimum atomic E-state index is -0.955. The Morgan fingerprint density at radius 3 is 2.32 bits per heavy atom. The van der Waals surface area contributed by atoms with Gasteiger partial charge in [0.15, 0.2) is 11.5 Å². The van der Waals surface area contributed by atoms with Crippen LogP contribution >= 0.6 is 0 Å². The van der Waals surface area contributed by atoms with Crippen LogP contribution in [0.2, 0.25) is 0 Å². The fourth-order valence-corrected chi connectivity index (χ4v) is 5.16. The molecule has 0 amide bonds. The first-order valence-electron chi connectivity index (χ1n) is 12.0. The van der Waals surface area contributed by atoms with E-state index in [1.54, 1.807) is 20.8 Å². The molecule has 2 aromatic rings. The van der Waals surface area contributed by atoms with Gasteiger partial charge in [0.25, 0.3) is 5.69 Å². The van der Waals surface area contributed by atoms with E-state index in [2.05, 4.69) is 5.32 Å². The maximum absolute atomic E-state index is 13.8. The van der Waals surface area contributed by atoms with E-state index in [4.69, 9.17) is 14.2 Å². The van der Waals surface area contributed by atoms with Crippen molar-refractivity contribution in [1.82, 2.24) is 5.32 Å². The van der Waals surface area contributed by atoms with E-state index in [1.807, 2.05) is 36.4 Å². The fraction of sp³-hybridized carbons (Fsp3) is 0.357. The number of carbonyl (C=O) groups excluding carboxylic acids is 2. The molecule has 0 saturated carbocycles. The maximum Gasteiger partial charge on any atom is 0.336 e. The lowest BCUT2D eigenvalue weighted by Gasteiger charge is -2.39. The number of hydrogen-bond donors (Lipinski definition) is 1. The number of nitrogens with one attached hydrogen (secondary N) is 1. The predicted octanol–water partition coefficient (Wildman–Crippen LogP) is 4.78. The van der Waals surface area contributed by atoms with Crippen LogP contribution in [0.1, 0.15) is 50.2 Å². The van der Waals surface area contributed by atoms with Crippen LogP contribution in [0.3, 0.4) is 0 Å². The smallest absolute Gasteiger partial charge is 0.336 e. The van der Waals surface area contributed by atoms with E-state index in [9.17, 15) is 19.7 Å². The first-order valence-corrected chi connectivity index (χ1v) is 12.0. The Morgan fingerprint density at radius 1 is 1.08 bits per heavy atom. The van der Waals surface area contributed by atoms with Gasteiger partial charge in [0, 0.05) is 35.2 Å². The molecule has 2 aromatic carbocycles. The van der Waals surface area contributed by atoms with Crippen LogP contribution in [0.5, 0.6) is 11.5 Å². The monoisotopic (exact) mass is 506 g/mol. The molecular formula is C28H30N2O7. The number of nitro groups is 1. The molecular weight excluding hydrogens is 476 g/mol. The van der Waals surface area contributed by atoms with E-state index < -0.39 is 28.8 Å². The van der Waals surface area contributed by atoms with Crippen molar-refractivity contribution in [3.05, 3.63) is 86.7 Å². The highest BCUT2D eigenvalue weighted by Crippen LogP contribution is 2.50. The second kappa shape index (κ2) is 10.5. The van der Waals surface area contributed by atoms with Crippen LogP contribution in [0.4, 0.5) is 5.69 Å². The topological polar surface area (TPSA) is 117 Å².